The zero-order valence-electron chi connectivity index (χ0n) is 22.5. The van der Waals surface area contributed by atoms with Crippen LogP contribution < -0.4 is 10.5 Å². The van der Waals surface area contributed by atoms with Crippen molar-refractivity contribution in [2.45, 2.75) is 50.5 Å². The number of fused-ring (bicyclic) bond motifs is 3. The van der Waals surface area contributed by atoms with Gasteiger partial charge < -0.3 is 45.8 Å². The molecular weight excluding hydrogens is 526 g/mol. The summed E-state index contributed by atoms with van der Waals surface area (Å²) in [5, 5.41) is 57.5. The third-order valence-electron chi connectivity index (χ3n) is 7.42. The maximum absolute atomic E-state index is 13.1. The number of carbonyl (C=O) groups excluding carboxylic acids is 3. The van der Waals surface area contributed by atoms with Gasteiger partial charge in [0.05, 0.1) is 42.1 Å². The molecule has 3 aliphatic rings. The number of hydrogen-bond acceptors (Lipinski definition) is 12. The van der Waals surface area contributed by atoms with Crippen molar-refractivity contribution in [3.05, 3.63) is 51.6 Å². The number of ketones is 3. The number of methoxy groups -OCH3 is 1. The second-order valence-corrected chi connectivity index (χ2v) is 9.68. The Morgan fingerprint density at radius 3 is 2.30 bits per heavy atom. The van der Waals surface area contributed by atoms with Crippen LogP contribution in [0, 0.1) is 5.92 Å². The highest BCUT2D eigenvalue weighted by Crippen LogP contribution is 2.50. The average Bonchev–Trinajstić information content (AvgIpc) is 2.96. The summed E-state index contributed by atoms with van der Waals surface area (Å²) < 4.78 is 10.3. The van der Waals surface area contributed by atoms with Crippen LogP contribution in [0.1, 0.15) is 68.8 Å². The van der Waals surface area contributed by atoms with Gasteiger partial charge in [-0.2, -0.15) is 0 Å². The minimum Gasteiger partial charge on any atom is -0.507 e. The molecule has 5 rings (SSSR count). The number of carbonyl (C=O) groups is 3. The maximum Gasteiger partial charge on any atom is 0.202 e. The van der Waals surface area contributed by atoms with Crippen LogP contribution in [-0.2, 0) is 16.0 Å². The van der Waals surface area contributed by atoms with E-state index >= 15 is 0 Å². The van der Waals surface area contributed by atoms with E-state index in [1.165, 1.54) is 25.3 Å². The number of ether oxygens (including phenoxy) is 2. The number of benzene rings is 2. The minimum atomic E-state index is -1.35. The van der Waals surface area contributed by atoms with Crippen molar-refractivity contribution in [2.75, 3.05) is 27.4 Å². The van der Waals surface area contributed by atoms with Crippen molar-refractivity contribution in [1.82, 2.24) is 0 Å². The Balaban J connectivity index is 0.000000339. The number of hydrogen-bond donors (Lipinski definition) is 7. The highest BCUT2D eigenvalue weighted by Gasteiger charge is 2.43. The van der Waals surface area contributed by atoms with Gasteiger partial charge in [-0.3, -0.25) is 14.4 Å². The predicted molar refractivity (Wildman–Crippen MR) is 141 cm³/mol. The quantitative estimate of drug-likeness (QED) is 0.212. The monoisotopic (exact) mass is 561 g/mol. The molecule has 2 aromatic carbocycles. The van der Waals surface area contributed by atoms with Crippen LogP contribution in [0.5, 0.6) is 17.2 Å². The van der Waals surface area contributed by atoms with Gasteiger partial charge in [0.2, 0.25) is 5.78 Å². The molecule has 12 heteroatoms. The Morgan fingerprint density at radius 2 is 1.73 bits per heavy atom. The number of nitrogens with two attached hydrogens (primary N) is 1. The summed E-state index contributed by atoms with van der Waals surface area (Å²) in [7, 11) is 2.34. The van der Waals surface area contributed by atoms with E-state index in [0.717, 1.165) is 13.5 Å². The molecule has 0 saturated carbocycles. The molecule has 1 aliphatic heterocycles. The highest BCUT2D eigenvalue weighted by molar-refractivity contribution is 6.31. The fourth-order valence-electron chi connectivity index (χ4n) is 5.28. The van der Waals surface area contributed by atoms with Crippen molar-refractivity contribution < 1.29 is 54.5 Å². The summed E-state index contributed by atoms with van der Waals surface area (Å²) >= 11 is 0. The normalized spacial score (nSPS) is 24.8. The van der Waals surface area contributed by atoms with Gasteiger partial charge in [-0.1, -0.05) is 12.1 Å². The van der Waals surface area contributed by atoms with Crippen molar-refractivity contribution in [3.8, 4) is 17.2 Å². The van der Waals surface area contributed by atoms with Crippen LogP contribution in [0.15, 0.2) is 18.2 Å². The number of aromatic hydroxyl groups is 2. The van der Waals surface area contributed by atoms with E-state index in [-0.39, 0.29) is 58.6 Å². The molecule has 40 heavy (non-hydrogen) atoms. The van der Waals surface area contributed by atoms with E-state index in [4.69, 9.17) is 25.4 Å². The van der Waals surface area contributed by atoms with Crippen molar-refractivity contribution in [3.63, 3.8) is 0 Å². The van der Waals surface area contributed by atoms with Crippen LogP contribution in [0.3, 0.4) is 0 Å². The summed E-state index contributed by atoms with van der Waals surface area (Å²) in [5.74, 6) is -3.68. The summed E-state index contributed by atoms with van der Waals surface area (Å²) in [5.41, 5.74) is 4.72. The predicted octanol–water partition coefficient (Wildman–Crippen LogP) is 0.131. The van der Waals surface area contributed by atoms with E-state index in [0.29, 0.717) is 6.61 Å². The van der Waals surface area contributed by atoms with Crippen molar-refractivity contribution >= 4 is 17.3 Å². The average molecular weight is 562 g/mol. The summed E-state index contributed by atoms with van der Waals surface area (Å²) in [6.07, 6.45) is -1.30. The molecule has 12 nitrogen and oxygen atoms in total. The number of rotatable bonds is 3. The molecule has 0 bridgehead atoms. The highest BCUT2D eigenvalue weighted by atomic mass is 16.5. The third-order valence-corrected chi connectivity index (χ3v) is 7.42. The van der Waals surface area contributed by atoms with Crippen LogP contribution in [-0.4, -0.2) is 93.7 Å². The lowest BCUT2D eigenvalue weighted by molar-refractivity contribution is -0.127. The lowest BCUT2D eigenvalue weighted by atomic mass is 9.74. The number of phenolic OH excluding ortho intramolecular Hbond substituents is 2. The molecular formula is C28H35NO11. The number of Topliss-reactive ketones (excluding diaryl/α,β-unsaturated/α-hetero) is 1. The Hall–Kier alpha value is -3.39. The summed E-state index contributed by atoms with van der Waals surface area (Å²) in [6, 6.07) is 4.37. The number of aliphatic hydroxyl groups is 4. The standard InChI is InChI=1S/C21H18O8.C6H13NO2.CH4O/c1-29-13-4-2-3-9-15(13)21(28)17-16(18(9)25)19(26)10-5-8(12(24)7-22)6-11(23)14(10)20(17)27;1-4-6(8)5(7)2-3-9-4;1-2/h2-4,8,11,22-23,26-27H,5-7H2,1H3;4-6,8H,2-3,7H2,1H3;2H,1H3/t8?,11-;;/m0../s1. The van der Waals surface area contributed by atoms with Crippen LogP contribution >= 0.6 is 0 Å². The van der Waals surface area contributed by atoms with Gasteiger partial charge in [-0.15, -0.1) is 0 Å². The second kappa shape index (κ2) is 12.9. The van der Waals surface area contributed by atoms with Gasteiger partial charge in [-0.05, 0) is 32.3 Å². The smallest absolute Gasteiger partial charge is 0.202 e. The molecule has 2 aromatic rings. The van der Waals surface area contributed by atoms with E-state index in [1.54, 1.807) is 0 Å². The van der Waals surface area contributed by atoms with Gasteiger partial charge in [-0.25, -0.2) is 0 Å². The third kappa shape index (κ3) is 5.46. The minimum absolute atomic E-state index is 0.0239. The Kier molecular flexibility index (Phi) is 10.0. The van der Waals surface area contributed by atoms with E-state index in [2.05, 4.69) is 0 Å². The Morgan fingerprint density at radius 1 is 1.07 bits per heavy atom. The van der Waals surface area contributed by atoms with Crippen LogP contribution in [0.2, 0.25) is 0 Å². The zero-order valence-corrected chi connectivity index (χ0v) is 22.5. The first-order valence-electron chi connectivity index (χ1n) is 12.7. The molecule has 0 radical (unpaired) electrons. The molecule has 8 N–H and O–H groups in total. The van der Waals surface area contributed by atoms with Crippen molar-refractivity contribution in [1.29, 1.82) is 0 Å². The SMILES string of the molecule is CC1OCCC(N)C1O.CO.COc1cccc2c1C(=O)c1c(O)c3c(c(O)c1C2=O)CC(C(=O)CO)C[C@@H]3O. The first-order valence-corrected chi connectivity index (χ1v) is 12.7. The van der Waals surface area contributed by atoms with Gasteiger partial charge in [0.25, 0.3) is 0 Å². The van der Waals surface area contributed by atoms with Gasteiger partial charge >= 0.3 is 0 Å². The first kappa shape index (κ1) is 31.1. The molecule has 4 unspecified atom stereocenters. The van der Waals surface area contributed by atoms with Crippen molar-refractivity contribution in [2.24, 2.45) is 11.7 Å². The summed E-state index contributed by atoms with van der Waals surface area (Å²) in [6.45, 7) is 1.79. The largest absolute Gasteiger partial charge is 0.507 e. The molecule has 218 valence electrons. The van der Waals surface area contributed by atoms with Crippen LogP contribution in [0.25, 0.3) is 0 Å². The maximum atomic E-state index is 13.1. The molecule has 0 spiro atoms. The molecule has 0 amide bonds. The van der Waals surface area contributed by atoms with Gasteiger partial charge in [0, 0.05) is 42.4 Å². The molecule has 1 saturated heterocycles. The Bertz CT molecular complexity index is 1280. The van der Waals surface area contributed by atoms with E-state index in [1.807, 2.05) is 6.92 Å². The molecule has 1 heterocycles. The molecule has 5 atom stereocenters. The van der Waals surface area contributed by atoms with Crippen LogP contribution in [0.4, 0.5) is 0 Å². The molecule has 2 aliphatic carbocycles. The first-order chi connectivity index (χ1) is 19.0. The summed E-state index contributed by atoms with van der Waals surface area (Å²) in [4.78, 5) is 38.1. The number of aliphatic hydroxyl groups excluding tert-OH is 4. The second-order valence-electron chi connectivity index (χ2n) is 9.68. The fraction of sp³-hybridized carbons (Fsp3) is 0.464. The van der Waals surface area contributed by atoms with E-state index < -0.39 is 59.1 Å². The lowest BCUT2D eigenvalue weighted by Crippen LogP contribution is -2.47. The van der Waals surface area contributed by atoms with E-state index in [9.17, 15) is 34.8 Å². The number of phenols is 2. The molecule has 0 aromatic heterocycles. The van der Waals surface area contributed by atoms with Gasteiger partial charge in [0.15, 0.2) is 11.6 Å². The fourth-order valence-corrected chi connectivity index (χ4v) is 5.28. The van der Waals surface area contributed by atoms with Gasteiger partial charge in [0.1, 0.15) is 23.9 Å². The Labute approximate surface area is 230 Å². The lowest BCUT2D eigenvalue weighted by Gasteiger charge is -2.32. The topological polar surface area (TPSA) is 217 Å². The molecule has 1 fully saturated rings. The zero-order chi connectivity index (χ0) is 29.9.